The lowest BCUT2D eigenvalue weighted by Gasteiger charge is -2.38. The Balaban J connectivity index is 2.32. The number of aliphatic hydroxyl groups is 1. The topological polar surface area (TPSA) is 29.5 Å². The van der Waals surface area contributed by atoms with Crippen LogP contribution in [-0.2, 0) is 4.74 Å². The van der Waals surface area contributed by atoms with Crippen molar-refractivity contribution in [2.45, 2.75) is 50.7 Å². The van der Waals surface area contributed by atoms with Crippen molar-refractivity contribution in [3.8, 4) is 0 Å². The maximum Gasteiger partial charge on any atom is 0.107 e. The summed E-state index contributed by atoms with van der Waals surface area (Å²) in [6.07, 6.45) is 6.71. The van der Waals surface area contributed by atoms with Crippen LogP contribution in [0, 0.1) is 0 Å². The van der Waals surface area contributed by atoms with Crippen LogP contribution in [0.2, 0.25) is 0 Å². The van der Waals surface area contributed by atoms with E-state index in [0.717, 1.165) is 43.4 Å². The van der Waals surface area contributed by atoms with Gasteiger partial charge >= 0.3 is 0 Å². The fourth-order valence-electron chi connectivity index (χ4n) is 2.42. The molecule has 0 fully saturated rings. The molecule has 2 rings (SSSR count). The van der Waals surface area contributed by atoms with E-state index in [1.165, 1.54) is 0 Å². The first kappa shape index (κ1) is 9.78. The van der Waals surface area contributed by atoms with Crippen LogP contribution in [0.15, 0.2) is 24.0 Å². The van der Waals surface area contributed by atoms with Crippen LogP contribution in [0.5, 0.6) is 0 Å². The SMILES string of the molecule is C=CC1(O)CCCC2=C1CCC(C)O2. The van der Waals surface area contributed by atoms with Gasteiger partial charge in [0.2, 0.25) is 0 Å². The molecule has 2 heteroatoms. The van der Waals surface area contributed by atoms with Gasteiger partial charge < -0.3 is 9.84 Å². The molecule has 1 N–H and O–H groups in total. The van der Waals surface area contributed by atoms with Gasteiger partial charge in [-0.2, -0.15) is 0 Å². The predicted octanol–water partition coefficient (Wildman–Crippen LogP) is 2.54. The summed E-state index contributed by atoms with van der Waals surface area (Å²) in [7, 11) is 0. The van der Waals surface area contributed by atoms with Gasteiger partial charge in [-0.3, -0.25) is 0 Å². The van der Waals surface area contributed by atoms with Crippen molar-refractivity contribution in [3.63, 3.8) is 0 Å². The molecule has 78 valence electrons. The fourth-order valence-corrected chi connectivity index (χ4v) is 2.42. The third-order valence-corrected chi connectivity index (χ3v) is 3.30. The Morgan fingerprint density at radius 1 is 1.57 bits per heavy atom. The first-order valence-electron chi connectivity index (χ1n) is 5.41. The van der Waals surface area contributed by atoms with Crippen molar-refractivity contribution >= 4 is 0 Å². The molecule has 14 heavy (non-hydrogen) atoms. The highest BCUT2D eigenvalue weighted by molar-refractivity contribution is 5.30. The first-order valence-corrected chi connectivity index (χ1v) is 5.41. The van der Waals surface area contributed by atoms with E-state index < -0.39 is 5.60 Å². The third-order valence-electron chi connectivity index (χ3n) is 3.30. The van der Waals surface area contributed by atoms with Crippen molar-refractivity contribution in [2.24, 2.45) is 0 Å². The van der Waals surface area contributed by atoms with Gasteiger partial charge in [0.1, 0.15) is 5.60 Å². The maximum absolute atomic E-state index is 10.3. The molecule has 2 aliphatic rings. The van der Waals surface area contributed by atoms with Gasteiger partial charge in [-0.05, 0) is 32.6 Å². The van der Waals surface area contributed by atoms with Crippen molar-refractivity contribution in [1.29, 1.82) is 0 Å². The fraction of sp³-hybridized carbons (Fsp3) is 0.667. The van der Waals surface area contributed by atoms with E-state index >= 15 is 0 Å². The van der Waals surface area contributed by atoms with E-state index in [1.807, 2.05) is 0 Å². The van der Waals surface area contributed by atoms with Gasteiger partial charge in [0.05, 0.1) is 11.9 Å². The summed E-state index contributed by atoms with van der Waals surface area (Å²) in [6, 6.07) is 0. The summed E-state index contributed by atoms with van der Waals surface area (Å²) >= 11 is 0. The summed E-state index contributed by atoms with van der Waals surface area (Å²) < 4.78 is 5.76. The average molecular weight is 194 g/mol. The largest absolute Gasteiger partial charge is 0.495 e. The minimum Gasteiger partial charge on any atom is -0.495 e. The minimum atomic E-state index is -0.784. The van der Waals surface area contributed by atoms with Gasteiger partial charge in [-0.25, -0.2) is 0 Å². The average Bonchev–Trinajstić information content (AvgIpc) is 2.18. The van der Waals surface area contributed by atoms with Crippen LogP contribution in [0.25, 0.3) is 0 Å². The number of rotatable bonds is 1. The molecule has 1 aliphatic carbocycles. The molecule has 2 atom stereocenters. The summed E-state index contributed by atoms with van der Waals surface area (Å²) in [5, 5.41) is 10.3. The lowest BCUT2D eigenvalue weighted by Crippen LogP contribution is -2.36. The van der Waals surface area contributed by atoms with Crippen molar-refractivity contribution in [3.05, 3.63) is 24.0 Å². The molecule has 1 heterocycles. The number of hydrogen-bond acceptors (Lipinski definition) is 2. The van der Waals surface area contributed by atoms with E-state index in [4.69, 9.17) is 4.74 Å². The first-order chi connectivity index (χ1) is 6.65. The molecule has 0 saturated heterocycles. The molecule has 0 bridgehead atoms. The Hall–Kier alpha value is -0.760. The van der Waals surface area contributed by atoms with E-state index in [0.29, 0.717) is 6.10 Å². The summed E-state index contributed by atoms with van der Waals surface area (Å²) in [5.41, 5.74) is 0.296. The second-order valence-electron chi connectivity index (χ2n) is 4.35. The van der Waals surface area contributed by atoms with Crippen molar-refractivity contribution in [1.82, 2.24) is 0 Å². The van der Waals surface area contributed by atoms with Crippen LogP contribution in [0.3, 0.4) is 0 Å². The van der Waals surface area contributed by atoms with Gasteiger partial charge in [-0.15, -0.1) is 0 Å². The zero-order valence-electron chi connectivity index (χ0n) is 8.75. The Morgan fingerprint density at radius 2 is 2.36 bits per heavy atom. The van der Waals surface area contributed by atoms with Gasteiger partial charge in [0.15, 0.2) is 0 Å². The highest BCUT2D eigenvalue weighted by Gasteiger charge is 2.37. The van der Waals surface area contributed by atoms with Crippen LogP contribution in [0.1, 0.15) is 39.0 Å². The lowest BCUT2D eigenvalue weighted by atomic mass is 9.78. The molecule has 2 nitrogen and oxygen atoms in total. The number of allylic oxidation sites excluding steroid dienone is 1. The molecular weight excluding hydrogens is 176 g/mol. The van der Waals surface area contributed by atoms with Gasteiger partial charge in [0, 0.05) is 12.0 Å². The normalized spacial score (nSPS) is 37.4. The summed E-state index contributed by atoms with van der Waals surface area (Å²) in [4.78, 5) is 0. The minimum absolute atomic E-state index is 0.306. The smallest absolute Gasteiger partial charge is 0.107 e. The molecule has 0 aromatic rings. The molecule has 0 aromatic carbocycles. The number of ether oxygens (including phenoxy) is 1. The molecule has 1 aliphatic heterocycles. The number of hydrogen-bond donors (Lipinski definition) is 1. The van der Waals surface area contributed by atoms with Gasteiger partial charge in [0.25, 0.3) is 0 Å². The molecule has 0 aromatic heterocycles. The lowest BCUT2D eigenvalue weighted by molar-refractivity contribution is 0.0404. The zero-order valence-corrected chi connectivity index (χ0v) is 8.75. The predicted molar refractivity (Wildman–Crippen MR) is 55.8 cm³/mol. The summed E-state index contributed by atoms with van der Waals surface area (Å²) in [5.74, 6) is 1.03. The van der Waals surface area contributed by atoms with E-state index in [9.17, 15) is 5.11 Å². The molecule has 0 saturated carbocycles. The quantitative estimate of drug-likeness (QED) is 0.650. The highest BCUT2D eigenvalue weighted by atomic mass is 16.5. The molecule has 0 spiro atoms. The molecule has 0 radical (unpaired) electrons. The van der Waals surface area contributed by atoms with Crippen LogP contribution >= 0.6 is 0 Å². The molecular formula is C12H18O2. The Morgan fingerprint density at radius 3 is 3.07 bits per heavy atom. The Bertz CT molecular complexity index is 280. The molecule has 2 unspecified atom stereocenters. The van der Waals surface area contributed by atoms with Crippen molar-refractivity contribution < 1.29 is 9.84 Å². The van der Waals surface area contributed by atoms with E-state index in [1.54, 1.807) is 6.08 Å². The van der Waals surface area contributed by atoms with Crippen molar-refractivity contribution in [2.75, 3.05) is 0 Å². The zero-order chi connectivity index (χ0) is 10.2. The molecule has 0 amide bonds. The monoisotopic (exact) mass is 194 g/mol. The van der Waals surface area contributed by atoms with Gasteiger partial charge in [-0.1, -0.05) is 12.7 Å². The highest BCUT2D eigenvalue weighted by Crippen LogP contribution is 2.41. The van der Waals surface area contributed by atoms with E-state index in [-0.39, 0.29) is 0 Å². The maximum atomic E-state index is 10.3. The van der Waals surface area contributed by atoms with Crippen LogP contribution < -0.4 is 0 Å². The summed E-state index contributed by atoms with van der Waals surface area (Å²) in [6.45, 7) is 5.82. The Kier molecular flexibility index (Phi) is 2.40. The second kappa shape index (κ2) is 3.43. The van der Waals surface area contributed by atoms with Crippen LogP contribution in [0.4, 0.5) is 0 Å². The van der Waals surface area contributed by atoms with E-state index in [2.05, 4.69) is 13.5 Å². The Labute approximate surface area is 85.3 Å². The van der Waals surface area contributed by atoms with Crippen LogP contribution in [-0.4, -0.2) is 16.8 Å². The second-order valence-corrected chi connectivity index (χ2v) is 4.35. The third kappa shape index (κ3) is 1.48. The standard InChI is InChI=1S/C12H18O2/c1-3-12(13)8-4-5-11-10(12)7-6-9(2)14-11/h3,9,13H,1,4-8H2,2H3.